The van der Waals surface area contributed by atoms with E-state index in [1.54, 1.807) is 18.9 Å². The number of nitrogens with one attached hydrogen (secondary N) is 1. The predicted molar refractivity (Wildman–Crippen MR) is 73.8 cm³/mol. The number of thioether (sulfide) groups is 1. The van der Waals surface area contributed by atoms with Crippen molar-refractivity contribution in [3.8, 4) is 0 Å². The van der Waals surface area contributed by atoms with E-state index in [0.29, 0.717) is 13.0 Å². The molecule has 0 atom stereocenters. The number of carbonyl (C=O) groups is 1. The van der Waals surface area contributed by atoms with Crippen molar-refractivity contribution < 1.29 is 9.53 Å². The van der Waals surface area contributed by atoms with Gasteiger partial charge in [0, 0.05) is 18.4 Å². The van der Waals surface area contributed by atoms with Crippen LogP contribution < -0.4 is 5.32 Å². The minimum atomic E-state index is -0.121. The van der Waals surface area contributed by atoms with E-state index < -0.39 is 0 Å². The van der Waals surface area contributed by atoms with E-state index in [9.17, 15) is 4.79 Å². The molecule has 0 aliphatic heterocycles. The minimum absolute atomic E-state index is 0.0743. The van der Waals surface area contributed by atoms with Crippen molar-refractivity contribution in [1.82, 2.24) is 5.32 Å². The van der Waals surface area contributed by atoms with Gasteiger partial charge in [-0.1, -0.05) is 18.2 Å². The fourth-order valence-electron chi connectivity index (χ4n) is 2.15. The van der Waals surface area contributed by atoms with Crippen LogP contribution in [0.25, 0.3) is 0 Å². The van der Waals surface area contributed by atoms with Gasteiger partial charge in [-0.05, 0) is 30.7 Å². The molecule has 1 fully saturated rings. The summed E-state index contributed by atoms with van der Waals surface area (Å²) in [6.45, 7) is 0.478. The van der Waals surface area contributed by atoms with Gasteiger partial charge >= 0.3 is 0 Å². The Bertz CT molecular complexity index is 430. The van der Waals surface area contributed by atoms with Gasteiger partial charge in [-0.15, -0.1) is 11.8 Å². The van der Waals surface area contributed by atoms with Crippen molar-refractivity contribution in [2.45, 2.75) is 29.7 Å². The van der Waals surface area contributed by atoms with Gasteiger partial charge in [0.1, 0.15) is 0 Å². The van der Waals surface area contributed by atoms with Crippen LogP contribution >= 0.6 is 11.8 Å². The van der Waals surface area contributed by atoms with Crippen LogP contribution in [-0.2, 0) is 15.1 Å². The zero-order chi connectivity index (χ0) is 13.0. The van der Waals surface area contributed by atoms with E-state index in [2.05, 4.69) is 23.7 Å². The highest BCUT2D eigenvalue weighted by molar-refractivity contribution is 7.98. The third-order valence-corrected chi connectivity index (χ3v) is 4.08. The summed E-state index contributed by atoms with van der Waals surface area (Å²) in [4.78, 5) is 13.1. The standard InChI is InChI=1S/C14H19NO2S/c1-17-10-7-13(16)15-14(8-9-14)11-5-3-4-6-12(11)18-2/h3-6H,7-10H2,1-2H3,(H,15,16). The van der Waals surface area contributed by atoms with Gasteiger partial charge in [0.25, 0.3) is 0 Å². The van der Waals surface area contributed by atoms with E-state index >= 15 is 0 Å². The van der Waals surface area contributed by atoms with Gasteiger partial charge in [-0.25, -0.2) is 0 Å². The van der Waals surface area contributed by atoms with Crippen LogP contribution in [0.2, 0.25) is 0 Å². The molecule has 0 radical (unpaired) electrons. The fraction of sp³-hybridized carbons (Fsp3) is 0.500. The molecule has 0 unspecified atom stereocenters. The number of benzene rings is 1. The first kappa shape index (κ1) is 13.4. The minimum Gasteiger partial charge on any atom is -0.384 e. The Hall–Kier alpha value is -1.00. The Morgan fingerprint density at radius 1 is 1.44 bits per heavy atom. The normalized spacial score (nSPS) is 16.3. The quantitative estimate of drug-likeness (QED) is 0.803. The largest absolute Gasteiger partial charge is 0.384 e. The highest BCUT2D eigenvalue weighted by Gasteiger charge is 2.46. The molecule has 0 aromatic heterocycles. The summed E-state index contributed by atoms with van der Waals surface area (Å²) in [6, 6.07) is 8.31. The topological polar surface area (TPSA) is 38.3 Å². The van der Waals surface area contributed by atoms with Crippen LogP contribution in [0, 0.1) is 0 Å². The fourth-order valence-corrected chi connectivity index (χ4v) is 2.85. The first-order valence-corrected chi connectivity index (χ1v) is 7.38. The molecule has 1 aromatic rings. The number of methoxy groups -OCH3 is 1. The van der Waals surface area contributed by atoms with Crippen molar-refractivity contribution in [1.29, 1.82) is 0 Å². The summed E-state index contributed by atoms with van der Waals surface area (Å²) in [5.74, 6) is 0.0743. The smallest absolute Gasteiger partial charge is 0.223 e. The second kappa shape index (κ2) is 5.76. The van der Waals surface area contributed by atoms with Crippen LogP contribution in [0.15, 0.2) is 29.2 Å². The SMILES string of the molecule is COCCC(=O)NC1(c2ccccc2SC)CC1. The van der Waals surface area contributed by atoms with Crippen molar-refractivity contribution in [3.05, 3.63) is 29.8 Å². The van der Waals surface area contributed by atoms with Gasteiger partial charge in [-0.3, -0.25) is 4.79 Å². The van der Waals surface area contributed by atoms with E-state index in [0.717, 1.165) is 12.8 Å². The summed E-state index contributed by atoms with van der Waals surface area (Å²) in [6.07, 6.45) is 4.56. The van der Waals surface area contributed by atoms with E-state index in [1.807, 2.05) is 12.1 Å². The molecule has 18 heavy (non-hydrogen) atoms. The lowest BCUT2D eigenvalue weighted by Crippen LogP contribution is -2.35. The molecule has 1 saturated carbocycles. The lowest BCUT2D eigenvalue weighted by molar-refractivity contribution is -0.123. The Morgan fingerprint density at radius 2 is 2.17 bits per heavy atom. The molecule has 3 nitrogen and oxygen atoms in total. The number of amides is 1. The molecule has 0 saturated heterocycles. The predicted octanol–water partition coefficient (Wildman–Crippen LogP) is 2.55. The van der Waals surface area contributed by atoms with Crippen molar-refractivity contribution in [2.24, 2.45) is 0 Å². The zero-order valence-electron chi connectivity index (χ0n) is 10.9. The summed E-state index contributed by atoms with van der Waals surface area (Å²) in [7, 11) is 1.61. The van der Waals surface area contributed by atoms with Crippen molar-refractivity contribution >= 4 is 17.7 Å². The number of ether oxygens (including phenoxy) is 1. The van der Waals surface area contributed by atoms with Gasteiger partial charge in [0.05, 0.1) is 12.1 Å². The maximum atomic E-state index is 11.8. The van der Waals surface area contributed by atoms with Crippen LogP contribution in [-0.4, -0.2) is 25.9 Å². The summed E-state index contributed by atoms with van der Waals surface area (Å²) < 4.78 is 4.93. The summed E-state index contributed by atoms with van der Waals surface area (Å²) in [5, 5.41) is 3.16. The third-order valence-electron chi connectivity index (χ3n) is 3.28. The first-order chi connectivity index (χ1) is 8.72. The molecule has 1 aliphatic carbocycles. The average molecular weight is 265 g/mol. The molecule has 0 spiro atoms. The Morgan fingerprint density at radius 3 is 2.78 bits per heavy atom. The second-order valence-electron chi connectivity index (χ2n) is 4.57. The lowest BCUT2D eigenvalue weighted by Gasteiger charge is -2.20. The molecule has 0 bridgehead atoms. The maximum absolute atomic E-state index is 11.8. The van der Waals surface area contributed by atoms with Gasteiger partial charge in [0.2, 0.25) is 5.91 Å². The van der Waals surface area contributed by atoms with Gasteiger partial charge < -0.3 is 10.1 Å². The summed E-state index contributed by atoms with van der Waals surface area (Å²) in [5.41, 5.74) is 1.13. The Balaban J connectivity index is 2.09. The molecule has 98 valence electrons. The number of carbonyl (C=O) groups excluding carboxylic acids is 1. The van der Waals surface area contributed by atoms with Crippen molar-refractivity contribution in [3.63, 3.8) is 0 Å². The molecule has 1 aromatic carbocycles. The van der Waals surface area contributed by atoms with E-state index in [4.69, 9.17) is 4.74 Å². The molecule has 1 amide bonds. The third kappa shape index (κ3) is 2.87. The maximum Gasteiger partial charge on any atom is 0.223 e. The van der Waals surface area contributed by atoms with Crippen LogP contribution in [0.3, 0.4) is 0 Å². The Kier molecular flexibility index (Phi) is 4.30. The van der Waals surface area contributed by atoms with Gasteiger partial charge in [0.15, 0.2) is 0 Å². The van der Waals surface area contributed by atoms with E-state index in [-0.39, 0.29) is 11.4 Å². The highest BCUT2D eigenvalue weighted by Crippen LogP contribution is 2.48. The molecule has 2 rings (SSSR count). The average Bonchev–Trinajstić information content (AvgIpc) is 3.17. The van der Waals surface area contributed by atoms with E-state index in [1.165, 1.54) is 10.5 Å². The lowest BCUT2D eigenvalue weighted by atomic mass is 10.0. The van der Waals surface area contributed by atoms with Crippen molar-refractivity contribution in [2.75, 3.05) is 20.0 Å². The summed E-state index contributed by atoms with van der Waals surface area (Å²) >= 11 is 1.73. The van der Waals surface area contributed by atoms with Crippen LogP contribution in [0.4, 0.5) is 0 Å². The number of hydrogen-bond donors (Lipinski definition) is 1. The van der Waals surface area contributed by atoms with Crippen LogP contribution in [0.5, 0.6) is 0 Å². The van der Waals surface area contributed by atoms with Gasteiger partial charge in [-0.2, -0.15) is 0 Å². The molecule has 1 N–H and O–H groups in total. The zero-order valence-corrected chi connectivity index (χ0v) is 11.7. The first-order valence-electron chi connectivity index (χ1n) is 6.15. The molecule has 1 aliphatic rings. The Labute approximate surface area is 112 Å². The molecule has 0 heterocycles. The highest BCUT2D eigenvalue weighted by atomic mass is 32.2. The number of hydrogen-bond acceptors (Lipinski definition) is 3. The van der Waals surface area contributed by atoms with Crippen LogP contribution in [0.1, 0.15) is 24.8 Å². The second-order valence-corrected chi connectivity index (χ2v) is 5.42. The molecular formula is C14H19NO2S. The molecular weight excluding hydrogens is 246 g/mol. The number of rotatable bonds is 6. The molecule has 4 heteroatoms. The monoisotopic (exact) mass is 265 g/mol.